The average Bonchev–Trinajstić information content (AvgIpc) is 3.37. The van der Waals surface area contributed by atoms with Gasteiger partial charge in [0.05, 0.1) is 16.7 Å². The van der Waals surface area contributed by atoms with E-state index in [2.05, 4.69) is 10.5 Å². The van der Waals surface area contributed by atoms with Crippen molar-refractivity contribution in [1.29, 1.82) is 0 Å². The molecular weight excluding hydrogens is 473 g/mol. The maximum absolute atomic E-state index is 14.8. The van der Waals surface area contributed by atoms with Crippen LogP contribution in [-0.2, 0) is 4.57 Å². The van der Waals surface area contributed by atoms with Crippen LogP contribution in [0.5, 0.6) is 0 Å². The number of fused-ring (bicyclic) bond motifs is 5. The lowest BCUT2D eigenvalue weighted by Gasteiger charge is -2.20. The molecular formula is C32H22N3OP. The fraction of sp³-hybridized carbons (Fsp3) is 0. The molecule has 0 saturated heterocycles. The molecule has 5 heteroatoms. The standard InChI is InChI=1S/C32H22N3OP/c36-37(24-11-3-1-4-12-24,25-13-5-2-6-14-25)26-20-18-23(19-21-26)30-32-31(27-15-7-8-16-28(27)33-30)34-29-17-9-10-22-35(29)32/h1-22H. The zero-order chi connectivity index (χ0) is 24.8. The minimum absolute atomic E-state index is 0.795. The van der Waals surface area contributed by atoms with Gasteiger partial charge in [0.15, 0.2) is 7.14 Å². The Bertz CT molecular complexity index is 1900. The van der Waals surface area contributed by atoms with Gasteiger partial charge in [0, 0.05) is 33.1 Å². The summed E-state index contributed by atoms with van der Waals surface area (Å²) >= 11 is 0. The Labute approximate surface area is 214 Å². The van der Waals surface area contributed by atoms with Gasteiger partial charge in [0.2, 0.25) is 0 Å². The first-order chi connectivity index (χ1) is 18.2. The summed E-state index contributed by atoms with van der Waals surface area (Å²) in [5.41, 5.74) is 5.49. The molecule has 176 valence electrons. The lowest BCUT2D eigenvalue weighted by molar-refractivity contribution is 0.592. The number of para-hydroxylation sites is 1. The van der Waals surface area contributed by atoms with Gasteiger partial charge in [-0.15, -0.1) is 0 Å². The predicted molar refractivity (Wildman–Crippen MR) is 153 cm³/mol. The zero-order valence-corrected chi connectivity index (χ0v) is 20.8. The summed E-state index contributed by atoms with van der Waals surface area (Å²) in [6.07, 6.45) is 2.03. The maximum atomic E-state index is 14.8. The van der Waals surface area contributed by atoms with E-state index >= 15 is 0 Å². The molecule has 0 atom stereocenters. The number of hydrogen-bond donors (Lipinski definition) is 0. The second kappa shape index (κ2) is 8.55. The second-order valence-electron chi connectivity index (χ2n) is 9.04. The van der Waals surface area contributed by atoms with E-state index in [9.17, 15) is 4.57 Å². The van der Waals surface area contributed by atoms with Crippen LogP contribution < -0.4 is 15.9 Å². The molecule has 3 aromatic heterocycles. The normalized spacial score (nSPS) is 11.9. The van der Waals surface area contributed by atoms with Crippen molar-refractivity contribution < 1.29 is 4.57 Å². The van der Waals surface area contributed by atoms with E-state index in [0.29, 0.717) is 0 Å². The molecule has 0 spiro atoms. The van der Waals surface area contributed by atoms with Crippen LogP contribution in [0.1, 0.15) is 0 Å². The number of nitrogens with zero attached hydrogens (tertiary/aromatic N) is 3. The Morgan fingerprint density at radius 3 is 1.86 bits per heavy atom. The third-order valence-corrected chi connectivity index (χ3v) is 9.97. The third kappa shape index (κ3) is 3.41. The van der Waals surface area contributed by atoms with E-state index in [-0.39, 0.29) is 0 Å². The van der Waals surface area contributed by atoms with Gasteiger partial charge in [-0.25, -0.2) is 9.97 Å². The van der Waals surface area contributed by atoms with E-state index in [1.54, 1.807) is 0 Å². The Kier molecular flexibility index (Phi) is 5.02. The molecule has 7 rings (SSSR count). The van der Waals surface area contributed by atoms with Crippen molar-refractivity contribution >= 4 is 50.6 Å². The number of benzene rings is 4. The Hall–Kier alpha value is -4.53. The van der Waals surface area contributed by atoms with Crippen LogP contribution in [0.25, 0.3) is 38.8 Å². The van der Waals surface area contributed by atoms with Crippen molar-refractivity contribution in [3.63, 3.8) is 0 Å². The summed E-state index contributed by atoms with van der Waals surface area (Å²) in [4.78, 5) is 10.0. The van der Waals surface area contributed by atoms with Crippen molar-refractivity contribution in [2.45, 2.75) is 0 Å². The van der Waals surface area contributed by atoms with Gasteiger partial charge >= 0.3 is 0 Å². The van der Waals surface area contributed by atoms with Gasteiger partial charge in [-0.05, 0) is 18.2 Å². The molecule has 0 unspecified atom stereocenters. The number of hydrogen-bond acceptors (Lipinski definition) is 3. The summed E-state index contributed by atoms with van der Waals surface area (Å²) in [6, 6.07) is 41.7. The molecule has 0 amide bonds. The van der Waals surface area contributed by atoms with Crippen molar-refractivity contribution in [3.05, 3.63) is 134 Å². The molecule has 3 heterocycles. The minimum Gasteiger partial charge on any atom is -0.309 e. The number of pyridine rings is 2. The third-order valence-electron chi connectivity index (χ3n) is 6.89. The lowest BCUT2D eigenvalue weighted by atomic mass is 10.1. The van der Waals surface area contributed by atoms with Gasteiger partial charge in [-0.3, -0.25) is 4.40 Å². The second-order valence-corrected chi connectivity index (χ2v) is 11.8. The van der Waals surface area contributed by atoms with Gasteiger partial charge in [0.1, 0.15) is 11.2 Å². The van der Waals surface area contributed by atoms with Crippen LogP contribution in [0, 0.1) is 0 Å². The summed E-state index contributed by atoms with van der Waals surface area (Å²) in [6.45, 7) is 0. The molecule has 0 N–H and O–H groups in total. The molecule has 0 bridgehead atoms. The fourth-order valence-corrected chi connectivity index (χ4v) is 7.76. The van der Waals surface area contributed by atoms with Crippen LogP contribution in [0.2, 0.25) is 0 Å². The van der Waals surface area contributed by atoms with Gasteiger partial charge in [-0.2, -0.15) is 0 Å². The Morgan fingerprint density at radius 1 is 0.568 bits per heavy atom. The highest BCUT2D eigenvalue weighted by atomic mass is 31.2. The van der Waals surface area contributed by atoms with Crippen LogP contribution in [-0.4, -0.2) is 14.4 Å². The monoisotopic (exact) mass is 495 g/mol. The summed E-state index contributed by atoms with van der Waals surface area (Å²) in [7, 11) is -3.04. The summed E-state index contributed by atoms with van der Waals surface area (Å²) < 4.78 is 16.9. The van der Waals surface area contributed by atoms with E-state index < -0.39 is 7.14 Å². The van der Waals surface area contributed by atoms with Gasteiger partial charge in [-0.1, -0.05) is 109 Å². The number of rotatable bonds is 4. The highest BCUT2D eigenvalue weighted by molar-refractivity contribution is 7.85. The average molecular weight is 496 g/mol. The Balaban J connectivity index is 1.45. The number of imidazole rings is 1. The number of aromatic nitrogens is 3. The van der Waals surface area contributed by atoms with Crippen LogP contribution in [0.3, 0.4) is 0 Å². The first kappa shape index (κ1) is 21.7. The van der Waals surface area contributed by atoms with E-state index in [0.717, 1.165) is 54.8 Å². The van der Waals surface area contributed by atoms with Crippen LogP contribution >= 0.6 is 7.14 Å². The van der Waals surface area contributed by atoms with Crippen LogP contribution in [0.15, 0.2) is 134 Å². The first-order valence-electron chi connectivity index (χ1n) is 12.2. The lowest BCUT2D eigenvalue weighted by Crippen LogP contribution is -2.24. The molecule has 0 aliphatic rings. The topological polar surface area (TPSA) is 47.3 Å². The molecule has 4 aromatic carbocycles. The molecule has 7 aromatic rings. The van der Waals surface area contributed by atoms with Crippen molar-refractivity contribution in [1.82, 2.24) is 14.4 Å². The minimum atomic E-state index is -3.04. The molecule has 0 aliphatic carbocycles. The van der Waals surface area contributed by atoms with Gasteiger partial charge < -0.3 is 4.57 Å². The predicted octanol–water partition coefficient (Wildman–Crippen LogP) is 6.34. The molecule has 37 heavy (non-hydrogen) atoms. The van der Waals surface area contributed by atoms with Crippen molar-refractivity contribution in [2.75, 3.05) is 0 Å². The first-order valence-corrected chi connectivity index (χ1v) is 13.9. The summed E-state index contributed by atoms with van der Waals surface area (Å²) in [5.74, 6) is 0. The molecule has 0 radical (unpaired) electrons. The molecule has 4 nitrogen and oxygen atoms in total. The smallest absolute Gasteiger partial charge is 0.171 e. The largest absolute Gasteiger partial charge is 0.309 e. The van der Waals surface area contributed by atoms with Crippen molar-refractivity contribution in [2.24, 2.45) is 0 Å². The van der Waals surface area contributed by atoms with E-state index in [4.69, 9.17) is 9.97 Å². The van der Waals surface area contributed by atoms with E-state index in [1.807, 2.05) is 128 Å². The van der Waals surface area contributed by atoms with Crippen LogP contribution in [0.4, 0.5) is 0 Å². The highest BCUT2D eigenvalue weighted by Gasteiger charge is 2.29. The maximum Gasteiger partial charge on any atom is 0.171 e. The zero-order valence-electron chi connectivity index (χ0n) is 19.9. The van der Waals surface area contributed by atoms with Crippen molar-refractivity contribution in [3.8, 4) is 11.3 Å². The fourth-order valence-electron chi connectivity index (χ4n) is 5.11. The summed E-state index contributed by atoms with van der Waals surface area (Å²) in [5, 5.41) is 3.46. The highest BCUT2D eigenvalue weighted by Crippen LogP contribution is 2.43. The van der Waals surface area contributed by atoms with E-state index in [1.165, 1.54) is 0 Å². The molecule has 0 fully saturated rings. The molecule has 0 saturated carbocycles. The SMILES string of the molecule is O=P(c1ccccc1)(c1ccccc1)c1ccc(-c2nc3ccccc3c3nc4ccccn4c23)cc1. The molecule has 0 aliphatic heterocycles. The quantitative estimate of drug-likeness (QED) is 0.268. The van der Waals surface area contributed by atoms with Gasteiger partial charge in [0.25, 0.3) is 0 Å². The Morgan fingerprint density at radius 2 is 1.16 bits per heavy atom.